The molecule has 0 saturated carbocycles. The quantitative estimate of drug-likeness (QED) is 0.221. The number of nitrogens with zero attached hydrogens (tertiary/aromatic N) is 3. The Morgan fingerprint density at radius 1 is 1.05 bits per heavy atom. The van der Waals surface area contributed by atoms with Crippen LogP contribution in [0.3, 0.4) is 0 Å². The molecule has 14 heteroatoms. The average Bonchev–Trinajstić information content (AvgIpc) is 2.92. The number of hydrogen-bond acceptors (Lipinski definition) is 8. The monoisotopic (exact) mass is 604 g/mol. The summed E-state index contributed by atoms with van der Waals surface area (Å²) < 4.78 is 86.5. The van der Waals surface area contributed by atoms with Crippen LogP contribution < -0.4 is 20.1 Å². The summed E-state index contributed by atoms with van der Waals surface area (Å²) in [6, 6.07) is 11.3. The molecule has 0 bridgehead atoms. The van der Waals surface area contributed by atoms with Gasteiger partial charge >= 0.3 is 6.18 Å². The fraction of sp³-hybridized carbons (Fsp3) is 0.321. The third-order valence-electron chi connectivity index (χ3n) is 6.75. The molecule has 1 fully saturated rings. The summed E-state index contributed by atoms with van der Waals surface area (Å²) in [5.41, 5.74) is 0.251. The molecule has 0 radical (unpaired) electrons. The molecule has 5 rings (SSSR count). The molecule has 2 aromatic carbocycles. The Hall–Kier alpha value is -4.04. The van der Waals surface area contributed by atoms with Crippen LogP contribution >= 0.6 is 0 Å². The Balaban J connectivity index is 1.51. The van der Waals surface area contributed by atoms with Gasteiger partial charge in [0.05, 0.1) is 16.9 Å². The van der Waals surface area contributed by atoms with Crippen molar-refractivity contribution < 1.29 is 30.7 Å². The van der Waals surface area contributed by atoms with Crippen LogP contribution in [0.25, 0.3) is 22.0 Å². The lowest BCUT2D eigenvalue weighted by Gasteiger charge is -2.28. The Morgan fingerprint density at radius 3 is 2.55 bits per heavy atom. The molecule has 1 aliphatic rings. The number of anilines is 2. The summed E-state index contributed by atoms with van der Waals surface area (Å²) in [5.74, 6) is -2.19. The molecule has 9 nitrogen and oxygen atoms in total. The molecular formula is C28H28F4N6O3S. The minimum absolute atomic E-state index is 0.0164. The maximum absolute atomic E-state index is 15.6. The Morgan fingerprint density at radius 2 is 1.81 bits per heavy atom. The average molecular weight is 605 g/mol. The van der Waals surface area contributed by atoms with E-state index in [9.17, 15) is 21.6 Å². The Bertz CT molecular complexity index is 1720. The second-order valence-electron chi connectivity index (χ2n) is 10.2. The van der Waals surface area contributed by atoms with Crippen LogP contribution in [0.1, 0.15) is 18.9 Å². The highest BCUT2D eigenvalue weighted by molar-refractivity contribution is 7.92. The number of aromatic nitrogens is 3. The number of rotatable bonds is 8. The van der Waals surface area contributed by atoms with Gasteiger partial charge in [-0.2, -0.15) is 13.2 Å². The van der Waals surface area contributed by atoms with Crippen LogP contribution in [0.4, 0.5) is 29.2 Å². The fourth-order valence-corrected chi connectivity index (χ4v) is 5.95. The highest BCUT2D eigenvalue weighted by Crippen LogP contribution is 2.42. The van der Waals surface area contributed by atoms with Crippen molar-refractivity contribution in [2.75, 3.05) is 28.9 Å². The molecule has 222 valence electrons. The number of alkyl halides is 3. The third-order valence-corrected chi connectivity index (χ3v) is 7.97. The topological polar surface area (TPSA) is 118 Å². The molecule has 42 heavy (non-hydrogen) atoms. The van der Waals surface area contributed by atoms with Crippen molar-refractivity contribution >= 4 is 32.4 Å². The second kappa shape index (κ2) is 11.7. The van der Waals surface area contributed by atoms with Crippen LogP contribution in [0, 0.1) is 18.7 Å². The van der Waals surface area contributed by atoms with Gasteiger partial charge in [0.15, 0.2) is 11.6 Å². The molecule has 0 spiro atoms. The van der Waals surface area contributed by atoms with Gasteiger partial charge in [-0.3, -0.25) is 4.72 Å². The first-order chi connectivity index (χ1) is 19.9. The summed E-state index contributed by atoms with van der Waals surface area (Å²) in [5, 5.41) is 7.00. The van der Waals surface area contributed by atoms with Gasteiger partial charge in [0.2, 0.25) is 21.9 Å². The summed E-state index contributed by atoms with van der Waals surface area (Å²) in [6.45, 7) is 5.23. The largest absolute Gasteiger partial charge is 0.437 e. The van der Waals surface area contributed by atoms with Crippen molar-refractivity contribution in [3.8, 4) is 22.9 Å². The molecular weight excluding hydrogens is 576 g/mol. The number of hydrogen-bond donors (Lipinski definition) is 3. The molecule has 2 atom stereocenters. The van der Waals surface area contributed by atoms with Gasteiger partial charge in [0.25, 0.3) is 0 Å². The van der Waals surface area contributed by atoms with Gasteiger partial charge in [-0.15, -0.1) is 0 Å². The highest BCUT2D eigenvalue weighted by atomic mass is 32.2. The van der Waals surface area contributed by atoms with Gasteiger partial charge in [0.1, 0.15) is 5.75 Å². The van der Waals surface area contributed by atoms with E-state index in [0.29, 0.717) is 23.1 Å². The summed E-state index contributed by atoms with van der Waals surface area (Å²) >= 11 is 0. The zero-order valence-corrected chi connectivity index (χ0v) is 23.5. The molecule has 3 N–H and O–H groups in total. The van der Waals surface area contributed by atoms with Crippen molar-refractivity contribution in [3.05, 3.63) is 66.2 Å². The van der Waals surface area contributed by atoms with E-state index >= 15 is 4.39 Å². The minimum Gasteiger partial charge on any atom is -0.437 e. The second-order valence-corrected chi connectivity index (χ2v) is 12.0. The minimum atomic E-state index is -5.01. The predicted molar refractivity (Wildman–Crippen MR) is 152 cm³/mol. The standard InChI is InChI=1S/C28H28F4N6O3S/c1-16-12-18(14-33-13-16)36-27-35-11-9-22(37-27)21-8-5-10-34-26(21)41-25-17(2)23(29)24(19-6-3-4-7-20(19)25)38-42(39,40)15-28(30,31)32/h3-11,16,18,33,38H,12-15H2,1-2H3,(H,35,36,37). The van der Waals surface area contributed by atoms with E-state index < -0.39 is 33.5 Å². The number of pyridine rings is 1. The summed E-state index contributed by atoms with van der Waals surface area (Å²) in [7, 11) is -4.95. The fourth-order valence-electron chi connectivity index (χ4n) is 4.94. The number of benzene rings is 2. The first-order valence-electron chi connectivity index (χ1n) is 13.1. The summed E-state index contributed by atoms with van der Waals surface area (Å²) in [4.78, 5) is 13.3. The lowest BCUT2D eigenvalue weighted by molar-refractivity contribution is -0.106. The molecule has 3 heterocycles. The van der Waals surface area contributed by atoms with Crippen molar-refractivity contribution in [3.63, 3.8) is 0 Å². The normalized spacial score (nSPS) is 17.7. The van der Waals surface area contributed by atoms with E-state index in [1.807, 2.05) is 0 Å². The van der Waals surface area contributed by atoms with Crippen molar-refractivity contribution in [1.29, 1.82) is 0 Å². The van der Waals surface area contributed by atoms with Gasteiger partial charge in [-0.05, 0) is 44.0 Å². The highest BCUT2D eigenvalue weighted by Gasteiger charge is 2.36. The number of fused-ring (bicyclic) bond motifs is 1. The third kappa shape index (κ3) is 6.71. The van der Waals surface area contributed by atoms with Crippen LogP contribution in [-0.4, -0.2) is 54.4 Å². The van der Waals surface area contributed by atoms with Crippen LogP contribution in [0.15, 0.2) is 54.9 Å². The molecule has 4 aromatic rings. The van der Waals surface area contributed by atoms with Crippen LogP contribution in [0.5, 0.6) is 11.6 Å². The zero-order valence-electron chi connectivity index (χ0n) is 22.7. The smallest absolute Gasteiger partial charge is 0.404 e. The maximum atomic E-state index is 15.6. The van der Waals surface area contributed by atoms with E-state index in [1.165, 1.54) is 25.3 Å². The van der Waals surface area contributed by atoms with E-state index in [0.717, 1.165) is 19.5 Å². The lowest BCUT2D eigenvalue weighted by atomic mass is 9.98. The first kappa shape index (κ1) is 29.5. The van der Waals surface area contributed by atoms with Crippen molar-refractivity contribution in [2.45, 2.75) is 32.5 Å². The van der Waals surface area contributed by atoms with Gasteiger partial charge in [0, 0.05) is 41.3 Å². The number of halogens is 4. The first-order valence-corrected chi connectivity index (χ1v) is 14.8. The molecule has 0 aliphatic carbocycles. The lowest BCUT2D eigenvalue weighted by Crippen LogP contribution is -2.42. The molecule has 2 aromatic heterocycles. The van der Waals surface area contributed by atoms with Crippen molar-refractivity contribution in [2.24, 2.45) is 5.92 Å². The Kier molecular flexibility index (Phi) is 8.19. The number of nitrogens with one attached hydrogen (secondary N) is 3. The maximum Gasteiger partial charge on any atom is 0.404 e. The van der Waals surface area contributed by atoms with Crippen LogP contribution in [0.2, 0.25) is 0 Å². The van der Waals surface area contributed by atoms with E-state index in [4.69, 9.17) is 4.74 Å². The van der Waals surface area contributed by atoms with E-state index in [1.54, 1.807) is 41.3 Å². The number of sulfonamides is 1. The van der Waals surface area contributed by atoms with E-state index in [2.05, 4.69) is 32.5 Å². The van der Waals surface area contributed by atoms with Gasteiger partial charge < -0.3 is 15.4 Å². The number of piperidine rings is 1. The number of ether oxygens (including phenoxy) is 1. The molecule has 1 aliphatic heterocycles. The van der Waals surface area contributed by atoms with Gasteiger partial charge in [-0.25, -0.2) is 27.8 Å². The SMILES string of the molecule is Cc1c(F)c(NS(=O)(=O)CC(F)(F)F)c2ccccc2c1Oc1ncccc1-c1ccnc(NC2CNCC(C)C2)n1. The van der Waals surface area contributed by atoms with E-state index in [-0.39, 0.29) is 34.0 Å². The zero-order chi connectivity index (χ0) is 30.1. The molecule has 2 unspecified atom stereocenters. The van der Waals surface area contributed by atoms with Crippen LogP contribution in [-0.2, 0) is 10.0 Å². The summed E-state index contributed by atoms with van der Waals surface area (Å²) in [6.07, 6.45) is -0.957. The predicted octanol–water partition coefficient (Wildman–Crippen LogP) is 5.65. The molecule has 1 saturated heterocycles. The Labute approximate surface area is 239 Å². The van der Waals surface area contributed by atoms with Crippen molar-refractivity contribution in [1.82, 2.24) is 20.3 Å². The van der Waals surface area contributed by atoms with Gasteiger partial charge in [-0.1, -0.05) is 31.2 Å². The molecule has 0 amide bonds.